The summed E-state index contributed by atoms with van der Waals surface area (Å²) in [4.78, 5) is 23.9. The fourth-order valence-electron chi connectivity index (χ4n) is 4.14. The second-order valence-electron chi connectivity index (χ2n) is 8.48. The summed E-state index contributed by atoms with van der Waals surface area (Å²) in [5.74, 6) is 1.92. The van der Waals surface area contributed by atoms with Gasteiger partial charge in [-0.2, -0.15) is 4.98 Å². The van der Waals surface area contributed by atoms with Crippen LogP contribution in [0.15, 0.2) is 42.5 Å². The van der Waals surface area contributed by atoms with Crippen molar-refractivity contribution in [2.75, 3.05) is 30.9 Å². The van der Waals surface area contributed by atoms with Crippen LogP contribution in [0.1, 0.15) is 36.0 Å². The van der Waals surface area contributed by atoms with Crippen LogP contribution in [0.5, 0.6) is 0 Å². The van der Waals surface area contributed by atoms with Crippen LogP contribution < -0.4 is 15.5 Å². The minimum atomic E-state index is -0.121. The lowest BCUT2D eigenvalue weighted by molar-refractivity contribution is 0.0943. The Morgan fingerprint density at radius 3 is 2.50 bits per heavy atom. The zero-order valence-electron chi connectivity index (χ0n) is 18.2. The molecule has 2 N–H and O–H groups in total. The van der Waals surface area contributed by atoms with Crippen LogP contribution >= 0.6 is 23.2 Å². The molecule has 0 radical (unpaired) electrons. The second kappa shape index (κ2) is 9.92. The van der Waals surface area contributed by atoms with Crippen molar-refractivity contribution < 1.29 is 4.79 Å². The summed E-state index contributed by atoms with van der Waals surface area (Å²) in [5, 5.41) is 8.44. The largest absolute Gasteiger partial charge is 0.362 e. The molecule has 0 unspecified atom stereocenters. The van der Waals surface area contributed by atoms with Gasteiger partial charge in [0.2, 0.25) is 5.95 Å². The second-order valence-corrected chi connectivity index (χ2v) is 9.30. The number of anilines is 2. The first-order valence-electron chi connectivity index (χ1n) is 10.8. The van der Waals surface area contributed by atoms with Crippen molar-refractivity contribution in [1.82, 2.24) is 15.3 Å². The Balaban J connectivity index is 1.31. The molecule has 3 aromatic rings. The maximum Gasteiger partial charge on any atom is 0.251 e. The van der Waals surface area contributed by atoms with Gasteiger partial charge in [0.15, 0.2) is 0 Å². The monoisotopic (exact) mass is 471 g/mol. The van der Waals surface area contributed by atoms with E-state index in [1.807, 2.05) is 43.3 Å². The van der Waals surface area contributed by atoms with Gasteiger partial charge in [0, 0.05) is 37.6 Å². The maximum absolute atomic E-state index is 12.4. The molecule has 4 rings (SSSR count). The molecule has 0 bridgehead atoms. The standard InChI is InChI=1S/C24H27Cl2N5O/c1-31(2)22-18-5-3-4-6-21(18)29-24(30-22)28-17-10-7-15(8-11-17)14-27-23(32)16-9-12-19(25)20(26)13-16/h3-6,9,12-13,15,17H,7-8,10-11,14H2,1-2H3,(H,27,32)(H,28,29,30). The van der Waals surface area contributed by atoms with Crippen molar-refractivity contribution in [1.29, 1.82) is 0 Å². The minimum Gasteiger partial charge on any atom is -0.362 e. The van der Waals surface area contributed by atoms with E-state index < -0.39 is 0 Å². The molecular weight excluding hydrogens is 445 g/mol. The number of nitrogens with zero attached hydrogens (tertiary/aromatic N) is 3. The van der Waals surface area contributed by atoms with Crippen LogP contribution in [0, 0.1) is 5.92 Å². The molecule has 0 spiro atoms. The van der Waals surface area contributed by atoms with Gasteiger partial charge in [0.1, 0.15) is 5.82 Å². The lowest BCUT2D eigenvalue weighted by Crippen LogP contribution is -2.34. The molecule has 0 saturated heterocycles. The van der Waals surface area contributed by atoms with Crippen LogP contribution in [-0.4, -0.2) is 42.6 Å². The van der Waals surface area contributed by atoms with Crippen LogP contribution in [0.25, 0.3) is 10.9 Å². The van der Waals surface area contributed by atoms with E-state index in [0.717, 1.165) is 42.4 Å². The average molecular weight is 472 g/mol. The summed E-state index contributed by atoms with van der Waals surface area (Å²) in [6, 6.07) is 13.3. The molecule has 0 atom stereocenters. The molecule has 1 aromatic heterocycles. The number of aromatic nitrogens is 2. The van der Waals surface area contributed by atoms with Gasteiger partial charge in [-0.1, -0.05) is 35.3 Å². The first-order valence-corrected chi connectivity index (χ1v) is 11.6. The number of carbonyl (C=O) groups is 1. The van der Waals surface area contributed by atoms with E-state index in [1.54, 1.807) is 18.2 Å². The van der Waals surface area contributed by atoms with Crippen molar-refractivity contribution in [3.8, 4) is 0 Å². The number of hydrogen-bond acceptors (Lipinski definition) is 5. The fourth-order valence-corrected chi connectivity index (χ4v) is 4.43. The van der Waals surface area contributed by atoms with E-state index in [-0.39, 0.29) is 5.91 Å². The molecule has 1 saturated carbocycles. The van der Waals surface area contributed by atoms with Crippen LogP contribution in [0.2, 0.25) is 10.0 Å². The fraction of sp³-hybridized carbons (Fsp3) is 0.375. The molecule has 1 aliphatic rings. The van der Waals surface area contributed by atoms with Gasteiger partial charge >= 0.3 is 0 Å². The lowest BCUT2D eigenvalue weighted by Gasteiger charge is -2.29. The average Bonchev–Trinajstić information content (AvgIpc) is 2.79. The zero-order valence-corrected chi connectivity index (χ0v) is 19.7. The van der Waals surface area contributed by atoms with Crippen molar-refractivity contribution in [2.45, 2.75) is 31.7 Å². The van der Waals surface area contributed by atoms with E-state index in [1.165, 1.54) is 0 Å². The van der Waals surface area contributed by atoms with Gasteiger partial charge in [-0.05, 0) is 61.9 Å². The van der Waals surface area contributed by atoms with Crippen LogP contribution in [0.4, 0.5) is 11.8 Å². The topological polar surface area (TPSA) is 70.2 Å². The van der Waals surface area contributed by atoms with Gasteiger partial charge in [-0.3, -0.25) is 4.79 Å². The number of nitrogens with one attached hydrogen (secondary N) is 2. The van der Waals surface area contributed by atoms with Crippen molar-refractivity contribution in [3.05, 3.63) is 58.1 Å². The van der Waals surface area contributed by atoms with Crippen LogP contribution in [0.3, 0.4) is 0 Å². The smallest absolute Gasteiger partial charge is 0.251 e. The van der Waals surface area contributed by atoms with Crippen molar-refractivity contribution in [3.63, 3.8) is 0 Å². The SMILES string of the molecule is CN(C)c1nc(NC2CCC(CNC(=O)c3ccc(Cl)c(Cl)c3)CC2)nc2ccccc12. The number of para-hydroxylation sites is 1. The Morgan fingerprint density at radius 2 is 1.78 bits per heavy atom. The number of benzene rings is 2. The summed E-state index contributed by atoms with van der Waals surface area (Å²) in [6.45, 7) is 0.656. The predicted molar refractivity (Wildman–Crippen MR) is 132 cm³/mol. The molecular formula is C24H27Cl2N5O. The number of fused-ring (bicyclic) bond motifs is 1. The normalized spacial score (nSPS) is 18.4. The molecule has 32 heavy (non-hydrogen) atoms. The predicted octanol–water partition coefficient (Wildman–Crippen LogP) is 5.40. The van der Waals surface area contributed by atoms with Crippen molar-refractivity contribution >= 4 is 51.8 Å². The molecule has 2 aromatic carbocycles. The van der Waals surface area contributed by atoms with E-state index in [4.69, 9.17) is 33.2 Å². The van der Waals surface area contributed by atoms with Gasteiger partial charge < -0.3 is 15.5 Å². The zero-order chi connectivity index (χ0) is 22.7. The summed E-state index contributed by atoms with van der Waals surface area (Å²) >= 11 is 11.9. The molecule has 6 nitrogen and oxygen atoms in total. The van der Waals surface area contributed by atoms with Crippen molar-refractivity contribution in [2.24, 2.45) is 5.92 Å². The number of hydrogen-bond donors (Lipinski definition) is 2. The first kappa shape index (κ1) is 22.6. The van der Waals surface area contributed by atoms with E-state index in [2.05, 4.69) is 10.6 Å². The third-order valence-electron chi connectivity index (χ3n) is 5.92. The summed E-state index contributed by atoms with van der Waals surface area (Å²) in [5.41, 5.74) is 1.47. The molecule has 1 fully saturated rings. The molecule has 0 aliphatic heterocycles. The third kappa shape index (κ3) is 5.25. The van der Waals surface area contributed by atoms with Crippen LogP contribution in [-0.2, 0) is 0 Å². The third-order valence-corrected chi connectivity index (χ3v) is 6.66. The van der Waals surface area contributed by atoms with Gasteiger partial charge in [-0.25, -0.2) is 4.98 Å². The highest BCUT2D eigenvalue weighted by Crippen LogP contribution is 2.28. The Hall–Kier alpha value is -2.57. The van der Waals surface area contributed by atoms with Gasteiger partial charge in [-0.15, -0.1) is 0 Å². The Bertz CT molecular complexity index is 1110. The summed E-state index contributed by atoms with van der Waals surface area (Å²) < 4.78 is 0. The van der Waals surface area contributed by atoms with Gasteiger partial charge in [0.05, 0.1) is 15.6 Å². The molecule has 1 aliphatic carbocycles. The Morgan fingerprint density at radius 1 is 1.03 bits per heavy atom. The highest BCUT2D eigenvalue weighted by molar-refractivity contribution is 6.42. The van der Waals surface area contributed by atoms with E-state index in [9.17, 15) is 4.79 Å². The number of amides is 1. The lowest BCUT2D eigenvalue weighted by atomic mass is 9.86. The Kier molecular flexibility index (Phi) is 7.01. The number of halogens is 2. The minimum absolute atomic E-state index is 0.121. The summed E-state index contributed by atoms with van der Waals surface area (Å²) in [7, 11) is 3.99. The highest BCUT2D eigenvalue weighted by Gasteiger charge is 2.23. The van der Waals surface area contributed by atoms with Gasteiger partial charge in [0.25, 0.3) is 5.91 Å². The molecule has 8 heteroatoms. The Labute approximate surface area is 198 Å². The molecule has 168 valence electrons. The molecule has 1 amide bonds. The first-order chi connectivity index (χ1) is 15.4. The van der Waals surface area contributed by atoms with E-state index in [0.29, 0.717) is 40.1 Å². The number of rotatable bonds is 6. The summed E-state index contributed by atoms with van der Waals surface area (Å²) in [6.07, 6.45) is 4.10. The maximum atomic E-state index is 12.4. The van der Waals surface area contributed by atoms with E-state index >= 15 is 0 Å². The molecule has 1 heterocycles. The number of carbonyl (C=O) groups excluding carboxylic acids is 1. The quantitative estimate of drug-likeness (QED) is 0.503. The highest BCUT2D eigenvalue weighted by atomic mass is 35.5.